The molecule has 96 heavy (non-hydrogen) atoms. The Hall–Kier alpha value is -8.19. The molecule has 0 aliphatic carbocycles. The second-order valence-electron chi connectivity index (χ2n) is 22.2. The van der Waals surface area contributed by atoms with E-state index in [-0.39, 0.29) is 39.2 Å². The monoisotopic (exact) mass is 1570 g/mol. The molecule has 14 nitrogen and oxygen atoms in total. The topological polar surface area (TPSA) is 190 Å². The van der Waals surface area contributed by atoms with E-state index in [1.54, 1.807) is 36.8 Å². The van der Waals surface area contributed by atoms with Crippen molar-refractivity contribution < 1.29 is 44.8 Å². The van der Waals surface area contributed by atoms with Gasteiger partial charge in [0.05, 0.1) is 22.5 Å². The Kier molecular flexibility index (Phi) is 30.2. The van der Waals surface area contributed by atoms with Crippen molar-refractivity contribution in [3.8, 4) is 0 Å². The molecule has 0 bridgehead atoms. The van der Waals surface area contributed by atoms with Gasteiger partial charge in [-0.3, -0.25) is 25.2 Å². The molecule has 21 heteroatoms. The number of benzene rings is 8. The molecule has 0 aliphatic rings. The number of aromatic nitrogens is 4. The van der Waals surface area contributed by atoms with E-state index >= 15 is 0 Å². The molecule has 0 saturated heterocycles. The first-order chi connectivity index (χ1) is 46.3. The Morgan fingerprint density at radius 3 is 1.11 bits per heavy atom. The zero-order valence-electron chi connectivity index (χ0n) is 53.6. The number of non-ortho nitro benzene ring substituents is 2. The summed E-state index contributed by atoms with van der Waals surface area (Å²) >= 11 is 3.44. The second-order valence-corrected chi connectivity index (χ2v) is 43.5. The molecule has 4 aromatic heterocycles. The minimum absolute atomic E-state index is 0.00755. The smallest absolute Gasteiger partial charge is 0.0134 e. The summed E-state index contributed by atoms with van der Waals surface area (Å²) in [6, 6.07) is 81.8. The Bertz CT molecular complexity index is 4180. The molecule has 0 saturated carbocycles. The van der Waals surface area contributed by atoms with Gasteiger partial charge in [0.2, 0.25) is 0 Å². The van der Waals surface area contributed by atoms with Gasteiger partial charge in [0.15, 0.2) is 0 Å². The van der Waals surface area contributed by atoms with Crippen LogP contribution in [0.4, 0.5) is 11.4 Å². The standard InChI is InChI=1S/C18H15N3O4.2C18H15P.C11H9ClN2O2.C7H6NO2.3CH3.2ClH.Pd.Sn/c1-11-5-14-6-12(8-16(21(23)24)17(14)20-10-11)7-15-9-13(3-4-19-15)18(22)25-2;2*1-4-10-16(11-5-1)19(17-12-6-2-7-13-17)18-14-8-3-9-15-18;1-7-2-9-3-8(5-12)4-10(14(15)16)11(9)13-6-7;1-10-7(9)6-2-4-8-5-3-6;;;;;;;/h3-6,8-10H,7H2,1-2H3;2*1-15H;2-4,6H,5H2,1H3;2-4H,1H3;3*1H3;2*1H;;/q;;;;;;;;;;+2;/p-2. The number of nitro groups is 2. The van der Waals surface area contributed by atoms with E-state index in [0.29, 0.717) is 39.7 Å². The van der Waals surface area contributed by atoms with Gasteiger partial charge in [-0.05, 0) is 120 Å². The summed E-state index contributed by atoms with van der Waals surface area (Å²) in [5.41, 5.74) is 5.68. The predicted octanol–water partition coefficient (Wildman–Crippen LogP) is 16.1. The van der Waals surface area contributed by atoms with E-state index < -0.39 is 50.0 Å². The average Bonchev–Trinajstić information content (AvgIpc) is 0.832. The maximum absolute atomic E-state index is 11.6. The van der Waals surface area contributed by atoms with Crippen LogP contribution in [0.2, 0.25) is 14.8 Å². The third-order valence-electron chi connectivity index (χ3n) is 14.1. The first kappa shape index (κ1) is 75.2. The second kappa shape index (κ2) is 38.5. The summed E-state index contributed by atoms with van der Waals surface area (Å²) in [6.07, 6.45) is 6.79. The Balaban J connectivity index is 0.000000170. The first-order valence-corrected chi connectivity index (χ1v) is 47.0. The molecule has 0 radical (unpaired) electrons. The summed E-state index contributed by atoms with van der Waals surface area (Å²) in [6.45, 7) is 3.78. The van der Waals surface area contributed by atoms with Crippen LogP contribution in [0.5, 0.6) is 0 Å². The number of halogens is 3. The van der Waals surface area contributed by atoms with E-state index in [1.807, 2.05) is 44.2 Å². The number of nitrogens with zero attached hydrogens (tertiary/aromatic N) is 6. The average molecular weight is 1580 g/mol. The van der Waals surface area contributed by atoms with Crippen molar-refractivity contribution in [2.24, 2.45) is 0 Å². The minimum Gasteiger partial charge on any atom is -0.0622 e. The number of nitro benzene ring substituents is 2. The van der Waals surface area contributed by atoms with Crippen molar-refractivity contribution in [1.29, 1.82) is 0 Å². The zero-order valence-corrected chi connectivity index (χ0v) is 62.1. The minimum atomic E-state index is -2.15. The fourth-order valence-electron chi connectivity index (χ4n) is 9.73. The number of aryl methyl sites for hydroxylation is 2. The number of fused-ring (bicyclic) bond motifs is 2. The third-order valence-corrected chi connectivity index (χ3v) is 24.5. The van der Waals surface area contributed by atoms with E-state index in [2.05, 4.69) is 221 Å². The van der Waals surface area contributed by atoms with Crippen LogP contribution in [-0.4, -0.2) is 74.3 Å². The van der Waals surface area contributed by atoms with E-state index in [4.69, 9.17) is 35.4 Å². The number of esters is 2. The van der Waals surface area contributed by atoms with Gasteiger partial charge in [0.1, 0.15) is 11.0 Å². The molecule has 0 aliphatic heterocycles. The maximum Gasteiger partial charge on any atom is -0.0134 e. The van der Waals surface area contributed by atoms with Crippen molar-refractivity contribution in [2.45, 2.75) is 41.0 Å². The molecule has 0 amide bonds. The van der Waals surface area contributed by atoms with Crippen molar-refractivity contribution >= 4 is 146 Å². The number of carbonyl (C=O) groups is 2. The number of rotatable bonds is 14. The zero-order chi connectivity index (χ0) is 69.0. The molecule has 8 aromatic carbocycles. The quantitative estimate of drug-likeness (QED) is 0.0250. The summed E-state index contributed by atoms with van der Waals surface area (Å²) in [4.78, 5) is 67.9. The number of alkyl halides is 1. The number of carbonyl (C=O) groups excluding carboxylic acids is 2. The van der Waals surface area contributed by atoms with Gasteiger partial charge in [-0.2, -0.15) is 0 Å². The molecule has 4 heterocycles. The summed E-state index contributed by atoms with van der Waals surface area (Å²) in [7, 11) is 11.4. The molecule has 0 fully saturated rings. The Morgan fingerprint density at radius 2 is 0.792 bits per heavy atom. The van der Waals surface area contributed by atoms with Crippen molar-refractivity contribution in [1.82, 2.24) is 19.9 Å². The maximum atomic E-state index is 11.6. The number of ether oxygens (including phenoxy) is 2. The molecular formula is C75H69Cl3N6O8P2PdSn. The molecule has 0 atom stereocenters. The van der Waals surface area contributed by atoms with Crippen LogP contribution in [0.3, 0.4) is 0 Å². The molecule has 0 unspecified atom stereocenters. The van der Waals surface area contributed by atoms with Crippen LogP contribution in [0.1, 0.15) is 48.7 Å². The van der Waals surface area contributed by atoms with Crippen LogP contribution in [0.15, 0.2) is 267 Å². The number of methoxy groups -OCH3 is 2. The largest absolute Gasteiger partial charge is 0.0622 e. The SMILES string of the molecule is COC(=O)c1ccn[c]([Sn]([CH3])([CH3])[CH3])c1.COC(=O)c1ccnc(Cc2cc([N+](=O)[O-])c3ncc(C)cc3c2)c1.Cc1cnc2c([N+](=O)[O-])cc(CCl)cc2c1.[Cl][Pd][Cl].c1ccc(P(c2ccccc2)c2ccccc2)cc1.c1ccc(P(c2ccccc2)c2ccccc2)cc1. The summed E-state index contributed by atoms with van der Waals surface area (Å²) in [5, 5.41) is 32.1. The Labute approximate surface area is 587 Å². The molecular weight excluding hydrogens is 1510 g/mol. The van der Waals surface area contributed by atoms with E-state index in [0.717, 1.165) is 31.3 Å². The first-order valence-electron chi connectivity index (χ1n) is 29.8. The summed E-state index contributed by atoms with van der Waals surface area (Å²) < 4.78 is 10.5. The molecule has 12 aromatic rings. The van der Waals surface area contributed by atoms with Crippen molar-refractivity contribution in [2.75, 3.05) is 14.2 Å². The molecule has 0 N–H and O–H groups in total. The number of pyridine rings is 4. The van der Waals surface area contributed by atoms with E-state index in [9.17, 15) is 29.8 Å². The van der Waals surface area contributed by atoms with Crippen LogP contribution < -0.4 is 35.5 Å². The van der Waals surface area contributed by atoms with Crippen LogP contribution in [-0.2, 0) is 37.7 Å². The van der Waals surface area contributed by atoms with Gasteiger partial charge < -0.3 is 4.74 Å². The fourth-order valence-corrected chi connectivity index (χ4v) is 17.5. The molecule has 0 spiro atoms. The molecule has 492 valence electrons. The van der Waals surface area contributed by atoms with Gasteiger partial charge in [-0.25, -0.2) is 14.8 Å². The van der Waals surface area contributed by atoms with Gasteiger partial charge in [0.25, 0.3) is 11.4 Å². The normalized spacial score (nSPS) is 10.6. The molecule has 12 rings (SSSR count). The van der Waals surface area contributed by atoms with Gasteiger partial charge in [0, 0.05) is 59.5 Å². The van der Waals surface area contributed by atoms with Crippen molar-refractivity contribution in [3.05, 3.63) is 327 Å². The summed E-state index contributed by atoms with van der Waals surface area (Å²) in [5.74, 6) is -0.484. The predicted molar refractivity (Wildman–Crippen MR) is 395 cm³/mol. The van der Waals surface area contributed by atoms with E-state index in [1.165, 1.54) is 64.4 Å². The Morgan fingerprint density at radius 1 is 0.469 bits per heavy atom. The van der Waals surface area contributed by atoms with Crippen molar-refractivity contribution in [3.63, 3.8) is 0 Å². The van der Waals surface area contributed by atoms with Gasteiger partial charge in [-0.15, -0.1) is 11.6 Å². The number of hydrogen-bond donors (Lipinski definition) is 0. The third kappa shape index (κ3) is 22.5. The number of hydrogen-bond acceptors (Lipinski definition) is 12. The fraction of sp³-hybridized carbons (Fsp3) is 0.120. The van der Waals surface area contributed by atoms with Crippen LogP contribution in [0, 0.1) is 34.1 Å². The van der Waals surface area contributed by atoms with Crippen LogP contribution in [0.25, 0.3) is 21.8 Å². The van der Waals surface area contributed by atoms with Gasteiger partial charge >= 0.3 is 129 Å². The van der Waals surface area contributed by atoms with Crippen LogP contribution >= 0.6 is 46.5 Å². The van der Waals surface area contributed by atoms with Gasteiger partial charge in [-0.1, -0.05) is 182 Å².